The molecule has 2 aliphatic rings. The Morgan fingerprint density at radius 2 is 1.80 bits per heavy atom. The smallest absolute Gasteiger partial charge is 0.295 e. The average Bonchev–Trinajstić information content (AvgIpc) is 3.82. The maximum atomic E-state index is 14.2. The summed E-state index contributed by atoms with van der Waals surface area (Å²) in [6.45, 7) is 2.65. The fraction of sp³-hybridized carbons (Fsp3) is 0.382. The van der Waals surface area contributed by atoms with Crippen LogP contribution in [0.25, 0.3) is 33.2 Å². The number of fused-ring (bicyclic) bond motifs is 3. The van der Waals surface area contributed by atoms with Gasteiger partial charge in [-0.3, -0.25) is 23.1 Å². The van der Waals surface area contributed by atoms with E-state index in [1.165, 1.54) is 5.56 Å². The molecule has 10 heteroatoms. The van der Waals surface area contributed by atoms with Crippen molar-refractivity contribution < 1.29 is 9.47 Å². The number of benzene rings is 2. The van der Waals surface area contributed by atoms with Crippen molar-refractivity contribution in [3.8, 4) is 11.1 Å². The number of unbranched alkanes of at least 4 members (excludes halogenated alkanes) is 1. The normalized spacial score (nSPS) is 17.3. The summed E-state index contributed by atoms with van der Waals surface area (Å²) in [5, 5.41) is 6.99. The molecule has 0 saturated heterocycles. The number of halogens is 1. The Labute approximate surface area is 260 Å². The van der Waals surface area contributed by atoms with E-state index in [-0.39, 0.29) is 17.6 Å². The van der Waals surface area contributed by atoms with Crippen molar-refractivity contribution in [2.45, 2.75) is 68.7 Å². The summed E-state index contributed by atoms with van der Waals surface area (Å²) in [4.78, 5) is 24.4. The summed E-state index contributed by atoms with van der Waals surface area (Å²) in [6, 6.07) is 18.9. The van der Waals surface area contributed by atoms with Gasteiger partial charge >= 0.3 is 5.69 Å². The molecule has 44 heavy (non-hydrogen) atoms. The molecule has 5 aromatic rings. The van der Waals surface area contributed by atoms with Gasteiger partial charge in [0.05, 0.1) is 34.9 Å². The zero-order chi connectivity index (χ0) is 30.4. The molecule has 7 rings (SSSR count). The number of nitrogens with zero attached hydrogens (tertiary/aromatic N) is 6. The van der Waals surface area contributed by atoms with Crippen molar-refractivity contribution in [2.75, 3.05) is 13.6 Å². The Kier molecular flexibility index (Phi) is 7.70. The predicted molar refractivity (Wildman–Crippen MR) is 175 cm³/mol. The maximum Gasteiger partial charge on any atom is 0.329 e. The third kappa shape index (κ3) is 4.80. The summed E-state index contributed by atoms with van der Waals surface area (Å²) in [7, 11) is 3.65. The molecule has 3 aromatic heterocycles. The Balaban J connectivity index is 1.60. The van der Waals surface area contributed by atoms with E-state index < -0.39 is 5.92 Å². The number of aryl methyl sites for hydroxylation is 2. The van der Waals surface area contributed by atoms with Crippen LogP contribution in [-0.4, -0.2) is 42.6 Å². The van der Waals surface area contributed by atoms with Crippen molar-refractivity contribution in [1.82, 2.24) is 23.1 Å². The lowest BCUT2D eigenvalue weighted by atomic mass is 9.94. The van der Waals surface area contributed by atoms with Gasteiger partial charge in [-0.1, -0.05) is 68.7 Å². The van der Waals surface area contributed by atoms with E-state index in [9.17, 15) is 9.32 Å². The Hall–Kier alpha value is -4.05. The Morgan fingerprint density at radius 1 is 1.05 bits per heavy atom. The summed E-state index contributed by atoms with van der Waals surface area (Å²) < 4.78 is 20.0. The first-order valence-electron chi connectivity index (χ1n) is 15.5. The van der Waals surface area contributed by atoms with Crippen LogP contribution in [0.15, 0.2) is 75.6 Å². The zero-order valence-corrected chi connectivity index (χ0v) is 26.2. The average molecular weight is 613 g/mol. The van der Waals surface area contributed by atoms with Gasteiger partial charge in [0.1, 0.15) is 5.92 Å². The van der Waals surface area contributed by atoms with E-state index in [1.54, 1.807) is 21.5 Å². The molecule has 0 N–H and O–H groups in total. The quantitative estimate of drug-likeness (QED) is 0.180. The molecular formula is C34H37FN6O2S. The van der Waals surface area contributed by atoms with Crippen molar-refractivity contribution in [3.05, 3.63) is 82.5 Å². The second-order valence-electron chi connectivity index (χ2n) is 12.0. The molecular weight excluding hydrogens is 575 g/mol. The van der Waals surface area contributed by atoms with Gasteiger partial charge in [-0.05, 0) is 60.9 Å². The lowest BCUT2D eigenvalue weighted by molar-refractivity contribution is -0.0278. The molecule has 1 aliphatic carbocycles. The lowest BCUT2D eigenvalue weighted by Gasteiger charge is -2.17. The lowest BCUT2D eigenvalue weighted by Crippen LogP contribution is -2.24. The van der Waals surface area contributed by atoms with Crippen molar-refractivity contribution >= 4 is 39.9 Å². The van der Waals surface area contributed by atoms with Gasteiger partial charge in [-0.25, -0.2) is 9.78 Å². The van der Waals surface area contributed by atoms with Crippen molar-refractivity contribution in [2.24, 2.45) is 12.1 Å². The minimum atomic E-state index is -0.490. The van der Waals surface area contributed by atoms with Crippen LogP contribution in [0.1, 0.15) is 68.7 Å². The standard InChI is InChI=1S/C34H37FN6O2S/c1-4-5-11-22-16-18-23(19-17-22)28-29-31-27(39(3)34(42)40(31)24-12-9-10-13-24)20-36-32(29)41(44-25-14-7-6-8-15-25)30(28)26-21-38(2)37-33(26)43-35/h6-8,14-20,24,26H,4-5,9-13,21H2,1-3H3. The number of aromatic nitrogens is 4. The van der Waals surface area contributed by atoms with Crippen LogP contribution in [0.5, 0.6) is 0 Å². The molecule has 0 spiro atoms. The first kappa shape index (κ1) is 28.7. The molecule has 2 aromatic carbocycles. The van der Waals surface area contributed by atoms with E-state index in [2.05, 4.69) is 57.3 Å². The van der Waals surface area contributed by atoms with Gasteiger partial charge in [0.15, 0.2) is 5.65 Å². The van der Waals surface area contributed by atoms with Crippen LogP contribution in [0.2, 0.25) is 0 Å². The minimum Gasteiger partial charge on any atom is -0.295 e. The maximum absolute atomic E-state index is 14.2. The van der Waals surface area contributed by atoms with Gasteiger partial charge in [0.2, 0.25) is 0 Å². The highest BCUT2D eigenvalue weighted by molar-refractivity contribution is 7.98. The summed E-state index contributed by atoms with van der Waals surface area (Å²) in [5.74, 6) is -0.473. The third-order valence-corrected chi connectivity index (χ3v) is 10.2. The fourth-order valence-corrected chi connectivity index (χ4v) is 7.99. The highest BCUT2D eigenvalue weighted by Crippen LogP contribution is 2.47. The second kappa shape index (κ2) is 11.8. The van der Waals surface area contributed by atoms with Crippen LogP contribution in [0, 0.1) is 0 Å². The molecule has 0 amide bonds. The monoisotopic (exact) mass is 612 g/mol. The summed E-state index contributed by atoms with van der Waals surface area (Å²) in [6.07, 6.45) is 9.23. The molecule has 4 heterocycles. The number of hydrazone groups is 1. The highest BCUT2D eigenvalue weighted by atomic mass is 32.2. The molecule has 0 radical (unpaired) electrons. The van der Waals surface area contributed by atoms with Gasteiger partial charge < -0.3 is 0 Å². The van der Waals surface area contributed by atoms with Gasteiger partial charge in [-0.2, -0.15) is 0 Å². The number of hydrogen-bond donors (Lipinski definition) is 0. The number of rotatable bonds is 8. The molecule has 1 fully saturated rings. The van der Waals surface area contributed by atoms with Crippen molar-refractivity contribution in [1.29, 1.82) is 0 Å². The van der Waals surface area contributed by atoms with E-state index in [0.717, 1.165) is 88.7 Å². The highest BCUT2D eigenvalue weighted by Gasteiger charge is 2.38. The molecule has 1 aliphatic heterocycles. The summed E-state index contributed by atoms with van der Waals surface area (Å²) in [5.41, 5.74) is 6.45. The molecule has 1 unspecified atom stereocenters. The second-order valence-corrected chi connectivity index (χ2v) is 13.0. The first-order chi connectivity index (χ1) is 21.5. The number of hydrogen-bond acceptors (Lipinski definition) is 6. The SMILES string of the molecule is CCCCc1ccc(-c2c(C3CN(C)N=C3OF)n(Sc3ccccc3)c3ncc4c(c23)n(C2CCCC2)c(=O)n4C)cc1. The molecule has 0 bridgehead atoms. The van der Waals surface area contributed by atoms with Crippen LogP contribution < -0.4 is 5.69 Å². The largest absolute Gasteiger partial charge is 0.329 e. The van der Waals surface area contributed by atoms with Crippen LogP contribution in [-0.2, 0) is 18.4 Å². The van der Waals surface area contributed by atoms with Gasteiger partial charge in [-0.15, -0.1) is 5.10 Å². The van der Waals surface area contributed by atoms with E-state index >= 15 is 0 Å². The predicted octanol–water partition coefficient (Wildman–Crippen LogP) is 7.61. The Bertz CT molecular complexity index is 1900. The molecule has 8 nitrogen and oxygen atoms in total. The minimum absolute atomic E-state index is 0.0172. The molecule has 1 saturated carbocycles. The summed E-state index contributed by atoms with van der Waals surface area (Å²) >= 11 is 1.54. The molecule has 228 valence electrons. The topological polar surface area (TPSA) is 69.6 Å². The van der Waals surface area contributed by atoms with E-state index in [1.807, 2.05) is 43.1 Å². The van der Waals surface area contributed by atoms with Crippen LogP contribution in [0.4, 0.5) is 4.53 Å². The van der Waals surface area contributed by atoms with E-state index in [0.29, 0.717) is 6.54 Å². The Morgan fingerprint density at radius 3 is 2.50 bits per heavy atom. The third-order valence-electron chi connectivity index (χ3n) is 9.14. The van der Waals surface area contributed by atoms with Gasteiger partial charge in [0.25, 0.3) is 5.90 Å². The first-order valence-corrected chi connectivity index (χ1v) is 16.3. The number of likely N-dealkylation sites (N-methyl/N-ethyl adjacent to an activating group) is 1. The zero-order valence-electron chi connectivity index (χ0n) is 25.4. The van der Waals surface area contributed by atoms with E-state index in [4.69, 9.17) is 4.98 Å². The fourth-order valence-electron chi connectivity index (χ4n) is 6.96. The van der Waals surface area contributed by atoms with Gasteiger partial charge in [0, 0.05) is 35.1 Å². The molecule has 1 atom stereocenters. The number of pyridine rings is 1. The van der Waals surface area contributed by atoms with Crippen LogP contribution in [0.3, 0.4) is 0 Å². The van der Waals surface area contributed by atoms with Crippen molar-refractivity contribution in [3.63, 3.8) is 0 Å². The van der Waals surface area contributed by atoms with Crippen LogP contribution >= 0.6 is 11.9 Å². The number of imidazole rings is 1.